The standard InChI is InChI=1S/C26H32O6/c1-6-7-8-9-24(29-31-25(27)22-14-10-20(11-15-22)18(2)3)30-32-26(28)23-16-12-21(13-17-23)19(4)5/h10-19H,1,6-9H2,2-5H3. The molecule has 6 nitrogen and oxygen atoms in total. The van der Waals surface area contributed by atoms with Gasteiger partial charge in [-0.25, -0.2) is 9.59 Å². The lowest BCUT2D eigenvalue weighted by Crippen LogP contribution is -2.16. The van der Waals surface area contributed by atoms with Crippen molar-refractivity contribution in [1.29, 1.82) is 0 Å². The fourth-order valence-electron chi connectivity index (χ4n) is 2.82. The van der Waals surface area contributed by atoms with E-state index < -0.39 is 11.9 Å². The van der Waals surface area contributed by atoms with Crippen molar-refractivity contribution >= 4 is 11.9 Å². The van der Waals surface area contributed by atoms with Crippen LogP contribution < -0.4 is 0 Å². The molecule has 0 spiro atoms. The lowest BCUT2D eigenvalue weighted by atomic mass is 10.0. The molecule has 0 fully saturated rings. The van der Waals surface area contributed by atoms with Gasteiger partial charge in [0, 0.05) is 6.42 Å². The van der Waals surface area contributed by atoms with Crippen LogP contribution >= 0.6 is 0 Å². The molecule has 2 radical (unpaired) electrons. The Balaban J connectivity index is 1.91. The Morgan fingerprint density at radius 2 is 1.09 bits per heavy atom. The Labute approximate surface area is 190 Å². The van der Waals surface area contributed by atoms with Crippen molar-refractivity contribution in [2.45, 2.75) is 65.2 Å². The first-order valence-electron chi connectivity index (χ1n) is 10.9. The van der Waals surface area contributed by atoms with Crippen LogP contribution in [0.25, 0.3) is 0 Å². The van der Waals surface area contributed by atoms with E-state index in [9.17, 15) is 9.59 Å². The molecule has 0 aromatic heterocycles. The Hall–Kier alpha value is -2.70. The van der Waals surface area contributed by atoms with E-state index in [4.69, 9.17) is 19.6 Å². The van der Waals surface area contributed by atoms with Gasteiger partial charge in [0.2, 0.25) is 0 Å². The molecule has 0 aliphatic heterocycles. The van der Waals surface area contributed by atoms with Crippen LogP contribution in [0.3, 0.4) is 0 Å². The second-order valence-electron chi connectivity index (χ2n) is 8.14. The van der Waals surface area contributed by atoms with E-state index in [2.05, 4.69) is 34.6 Å². The highest BCUT2D eigenvalue weighted by molar-refractivity contribution is 5.89. The number of unbranched alkanes of at least 4 members (excludes halogenated alkanes) is 2. The third-order valence-corrected chi connectivity index (χ3v) is 4.93. The predicted octanol–water partition coefficient (Wildman–Crippen LogP) is 6.69. The third-order valence-electron chi connectivity index (χ3n) is 4.93. The molecule has 0 amide bonds. The number of rotatable bonds is 12. The number of carbonyl (C=O) groups is 2. The van der Waals surface area contributed by atoms with E-state index in [0.717, 1.165) is 24.0 Å². The van der Waals surface area contributed by atoms with Crippen molar-refractivity contribution in [3.63, 3.8) is 0 Å². The number of benzene rings is 2. The molecule has 172 valence electrons. The van der Waals surface area contributed by atoms with Crippen molar-refractivity contribution in [2.24, 2.45) is 0 Å². The van der Waals surface area contributed by atoms with Crippen molar-refractivity contribution in [3.05, 3.63) is 84.0 Å². The summed E-state index contributed by atoms with van der Waals surface area (Å²) in [6.45, 7) is 12.1. The maximum atomic E-state index is 12.3. The smallest absolute Gasteiger partial charge is 0.289 e. The molecular weight excluding hydrogens is 408 g/mol. The van der Waals surface area contributed by atoms with Gasteiger partial charge in [0.05, 0.1) is 11.1 Å². The first kappa shape index (κ1) is 25.6. The summed E-state index contributed by atoms with van der Waals surface area (Å²) >= 11 is 0. The molecular formula is C26H32O6. The molecule has 32 heavy (non-hydrogen) atoms. The summed E-state index contributed by atoms with van der Waals surface area (Å²) < 4.78 is 0. The fourth-order valence-corrected chi connectivity index (χ4v) is 2.82. The van der Waals surface area contributed by atoms with Gasteiger partial charge in [0.15, 0.2) is 0 Å². The van der Waals surface area contributed by atoms with Gasteiger partial charge in [-0.1, -0.05) is 71.7 Å². The summed E-state index contributed by atoms with van der Waals surface area (Å²) in [6, 6.07) is 14.1. The highest BCUT2D eigenvalue weighted by Crippen LogP contribution is 2.20. The minimum Gasteiger partial charge on any atom is -0.289 e. The Kier molecular flexibility index (Phi) is 10.4. The summed E-state index contributed by atoms with van der Waals surface area (Å²) in [6.07, 6.45) is 2.38. The second kappa shape index (κ2) is 13.0. The maximum Gasteiger partial charge on any atom is 0.373 e. The monoisotopic (exact) mass is 440 g/mol. The first-order chi connectivity index (χ1) is 15.3. The van der Waals surface area contributed by atoms with Gasteiger partial charge in [-0.05, 0) is 53.6 Å². The molecule has 0 saturated heterocycles. The molecule has 2 rings (SSSR count). The molecule has 0 N–H and O–H groups in total. The van der Waals surface area contributed by atoms with Crippen LogP contribution in [-0.2, 0) is 19.6 Å². The quantitative estimate of drug-likeness (QED) is 0.208. The molecule has 0 atom stereocenters. The normalized spacial score (nSPS) is 11.2. The Bertz CT molecular complexity index is 772. The van der Waals surface area contributed by atoms with Crippen LogP contribution in [0.4, 0.5) is 0 Å². The highest BCUT2D eigenvalue weighted by atomic mass is 17.3. The molecule has 0 bridgehead atoms. The SMILES string of the molecule is [CH2]CCCC[C](OOC(=O)c1ccc(C(C)C)cc1)OOC(=O)c1ccc(C(C)C)cc1. The number of carbonyl (C=O) groups excluding carboxylic acids is 2. The van der Waals surface area contributed by atoms with Crippen molar-refractivity contribution in [1.82, 2.24) is 0 Å². The van der Waals surface area contributed by atoms with Crippen LogP contribution in [0.15, 0.2) is 48.5 Å². The van der Waals surface area contributed by atoms with Gasteiger partial charge in [0.25, 0.3) is 0 Å². The molecule has 6 heteroatoms. The summed E-state index contributed by atoms with van der Waals surface area (Å²) in [5.74, 6) is -0.633. The van der Waals surface area contributed by atoms with Gasteiger partial charge in [-0.15, -0.1) is 9.78 Å². The molecule has 0 aliphatic rings. The van der Waals surface area contributed by atoms with Crippen LogP contribution in [0.1, 0.15) is 97.1 Å². The molecule has 0 heterocycles. The second-order valence-corrected chi connectivity index (χ2v) is 8.14. The summed E-state index contributed by atoms with van der Waals surface area (Å²) in [5.41, 5.74) is 2.90. The molecule has 0 saturated carbocycles. The zero-order valence-corrected chi connectivity index (χ0v) is 19.3. The number of hydrogen-bond donors (Lipinski definition) is 0. The summed E-state index contributed by atoms with van der Waals surface area (Å²) in [4.78, 5) is 44.5. The molecule has 0 unspecified atom stereocenters. The van der Waals surface area contributed by atoms with Crippen molar-refractivity contribution in [3.8, 4) is 0 Å². The van der Waals surface area contributed by atoms with E-state index in [1.165, 1.54) is 0 Å². The minimum absolute atomic E-state index is 0.113. The fraction of sp³-hybridized carbons (Fsp3) is 0.385. The first-order valence-corrected chi connectivity index (χ1v) is 10.9. The van der Waals surface area contributed by atoms with Crippen LogP contribution in [0, 0.1) is 13.2 Å². The van der Waals surface area contributed by atoms with Gasteiger partial charge in [-0.2, -0.15) is 0 Å². The van der Waals surface area contributed by atoms with Crippen LogP contribution in [0.5, 0.6) is 0 Å². The largest absolute Gasteiger partial charge is 0.373 e. The lowest BCUT2D eigenvalue weighted by Gasteiger charge is -2.14. The van der Waals surface area contributed by atoms with Crippen molar-refractivity contribution < 1.29 is 29.1 Å². The zero-order valence-electron chi connectivity index (χ0n) is 19.3. The summed E-state index contributed by atoms with van der Waals surface area (Å²) in [7, 11) is 0. The van der Waals surface area contributed by atoms with Crippen LogP contribution in [-0.4, -0.2) is 11.9 Å². The summed E-state index contributed by atoms with van der Waals surface area (Å²) in [5, 5.41) is 0. The maximum absolute atomic E-state index is 12.3. The molecule has 2 aromatic carbocycles. The molecule has 2 aromatic rings. The van der Waals surface area contributed by atoms with Gasteiger partial charge < -0.3 is 0 Å². The van der Waals surface area contributed by atoms with Crippen molar-refractivity contribution in [2.75, 3.05) is 0 Å². The van der Waals surface area contributed by atoms with E-state index in [1.54, 1.807) is 24.3 Å². The van der Waals surface area contributed by atoms with Crippen LogP contribution in [0.2, 0.25) is 0 Å². The predicted molar refractivity (Wildman–Crippen MR) is 121 cm³/mol. The minimum atomic E-state index is -0.672. The lowest BCUT2D eigenvalue weighted by molar-refractivity contribution is -0.363. The average molecular weight is 441 g/mol. The van der Waals surface area contributed by atoms with E-state index in [0.29, 0.717) is 29.4 Å². The Morgan fingerprint density at radius 3 is 1.44 bits per heavy atom. The topological polar surface area (TPSA) is 71.1 Å². The van der Waals surface area contributed by atoms with E-state index in [-0.39, 0.29) is 12.7 Å². The van der Waals surface area contributed by atoms with Gasteiger partial charge in [-0.3, -0.25) is 9.78 Å². The Morgan fingerprint density at radius 1 is 0.688 bits per heavy atom. The van der Waals surface area contributed by atoms with Gasteiger partial charge >= 0.3 is 18.2 Å². The highest BCUT2D eigenvalue weighted by Gasteiger charge is 2.21. The zero-order chi connectivity index (χ0) is 23.5. The third kappa shape index (κ3) is 8.09. The molecule has 0 aliphatic carbocycles. The van der Waals surface area contributed by atoms with Gasteiger partial charge in [0.1, 0.15) is 0 Å². The van der Waals surface area contributed by atoms with E-state index in [1.807, 2.05) is 24.3 Å². The number of hydrogen-bond acceptors (Lipinski definition) is 6. The average Bonchev–Trinajstić information content (AvgIpc) is 2.80. The van der Waals surface area contributed by atoms with E-state index >= 15 is 0 Å².